The van der Waals surface area contributed by atoms with Gasteiger partial charge in [-0.05, 0) is 25.5 Å². The number of amides is 1. The first-order valence-electron chi connectivity index (χ1n) is 5.75. The minimum atomic E-state index is 0.0199. The SMILES string of the molecule is Cn1nccc1CCNC(=O)[C@@H]1CCCN1. The third kappa shape index (κ3) is 2.61. The molecule has 2 N–H and O–H groups in total. The summed E-state index contributed by atoms with van der Waals surface area (Å²) in [5, 5.41) is 10.2. The van der Waals surface area contributed by atoms with Crippen LogP contribution in [-0.2, 0) is 18.3 Å². The van der Waals surface area contributed by atoms with Gasteiger partial charge in [-0.3, -0.25) is 9.48 Å². The second-order valence-electron chi connectivity index (χ2n) is 4.14. The molecule has 1 amide bonds. The Morgan fingerprint density at radius 2 is 2.62 bits per heavy atom. The van der Waals surface area contributed by atoms with Gasteiger partial charge >= 0.3 is 0 Å². The molecule has 1 aromatic rings. The Labute approximate surface area is 95.2 Å². The normalized spacial score (nSPS) is 19.9. The fraction of sp³-hybridized carbons (Fsp3) is 0.636. The summed E-state index contributed by atoms with van der Waals surface area (Å²) in [6.45, 7) is 1.64. The largest absolute Gasteiger partial charge is 0.354 e. The predicted molar refractivity (Wildman–Crippen MR) is 60.9 cm³/mol. The Morgan fingerprint density at radius 1 is 1.75 bits per heavy atom. The molecular formula is C11H18N4O. The molecule has 5 heteroatoms. The Bertz CT molecular complexity index is 355. The number of nitrogens with one attached hydrogen (secondary N) is 2. The number of aromatic nitrogens is 2. The van der Waals surface area contributed by atoms with E-state index in [0.29, 0.717) is 6.54 Å². The quantitative estimate of drug-likeness (QED) is 0.743. The summed E-state index contributed by atoms with van der Waals surface area (Å²) in [6, 6.07) is 1.99. The first-order valence-corrected chi connectivity index (χ1v) is 5.75. The first kappa shape index (κ1) is 11.1. The molecule has 1 aliphatic rings. The Hall–Kier alpha value is -1.36. The number of hydrogen-bond acceptors (Lipinski definition) is 3. The summed E-state index contributed by atoms with van der Waals surface area (Å²) in [5.41, 5.74) is 1.14. The van der Waals surface area contributed by atoms with Gasteiger partial charge in [-0.15, -0.1) is 0 Å². The van der Waals surface area contributed by atoms with Crippen molar-refractivity contribution in [2.24, 2.45) is 7.05 Å². The summed E-state index contributed by atoms with van der Waals surface area (Å²) < 4.78 is 1.83. The van der Waals surface area contributed by atoms with E-state index in [1.807, 2.05) is 17.8 Å². The molecule has 0 spiro atoms. The number of carbonyl (C=O) groups excluding carboxylic acids is 1. The zero-order chi connectivity index (χ0) is 11.4. The third-order valence-corrected chi connectivity index (χ3v) is 2.98. The lowest BCUT2D eigenvalue weighted by molar-refractivity contribution is -0.122. The molecule has 0 unspecified atom stereocenters. The Morgan fingerprint density at radius 3 is 3.25 bits per heavy atom. The summed E-state index contributed by atoms with van der Waals surface area (Å²) in [6.07, 6.45) is 4.65. The molecule has 16 heavy (non-hydrogen) atoms. The van der Waals surface area contributed by atoms with Gasteiger partial charge in [0.2, 0.25) is 5.91 Å². The number of hydrogen-bond donors (Lipinski definition) is 2. The van der Waals surface area contributed by atoms with E-state index in [9.17, 15) is 4.79 Å². The smallest absolute Gasteiger partial charge is 0.237 e. The van der Waals surface area contributed by atoms with E-state index in [4.69, 9.17) is 0 Å². The number of rotatable bonds is 4. The maximum atomic E-state index is 11.7. The third-order valence-electron chi connectivity index (χ3n) is 2.98. The van der Waals surface area contributed by atoms with Crippen LogP contribution in [0.4, 0.5) is 0 Å². The lowest BCUT2D eigenvalue weighted by Crippen LogP contribution is -2.41. The van der Waals surface area contributed by atoms with Crippen molar-refractivity contribution in [3.05, 3.63) is 18.0 Å². The van der Waals surface area contributed by atoms with Crippen LogP contribution < -0.4 is 10.6 Å². The van der Waals surface area contributed by atoms with Gasteiger partial charge in [-0.25, -0.2) is 0 Å². The van der Waals surface area contributed by atoms with Crippen LogP contribution in [0, 0.1) is 0 Å². The summed E-state index contributed by atoms with van der Waals surface area (Å²) in [5.74, 6) is 0.125. The van der Waals surface area contributed by atoms with Crippen LogP contribution in [0.15, 0.2) is 12.3 Å². The molecule has 1 aromatic heterocycles. The van der Waals surface area contributed by atoms with Gasteiger partial charge in [0.1, 0.15) is 0 Å². The summed E-state index contributed by atoms with van der Waals surface area (Å²) in [4.78, 5) is 11.7. The van der Waals surface area contributed by atoms with Gasteiger partial charge in [0.25, 0.3) is 0 Å². The van der Waals surface area contributed by atoms with E-state index in [1.54, 1.807) is 6.20 Å². The summed E-state index contributed by atoms with van der Waals surface area (Å²) in [7, 11) is 1.91. The molecule has 2 rings (SSSR count). The van der Waals surface area contributed by atoms with E-state index in [2.05, 4.69) is 15.7 Å². The van der Waals surface area contributed by atoms with Gasteiger partial charge in [-0.1, -0.05) is 0 Å². The molecule has 1 aliphatic heterocycles. The van der Waals surface area contributed by atoms with Crippen molar-refractivity contribution < 1.29 is 4.79 Å². The first-order chi connectivity index (χ1) is 7.77. The molecule has 1 atom stereocenters. The number of nitrogens with zero attached hydrogens (tertiary/aromatic N) is 2. The van der Waals surface area contributed by atoms with Crippen molar-refractivity contribution in [3.63, 3.8) is 0 Å². The van der Waals surface area contributed by atoms with Crippen molar-refractivity contribution in [1.29, 1.82) is 0 Å². The Balaban J connectivity index is 1.71. The second-order valence-corrected chi connectivity index (χ2v) is 4.14. The highest BCUT2D eigenvalue weighted by atomic mass is 16.2. The van der Waals surface area contributed by atoms with Gasteiger partial charge in [0.05, 0.1) is 6.04 Å². The Kier molecular flexibility index (Phi) is 3.56. The van der Waals surface area contributed by atoms with Crippen molar-refractivity contribution in [1.82, 2.24) is 20.4 Å². The van der Waals surface area contributed by atoms with Crippen molar-refractivity contribution in [3.8, 4) is 0 Å². The van der Waals surface area contributed by atoms with E-state index < -0.39 is 0 Å². The highest BCUT2D eigenvalue weighted by Crippen LogP contribution is 2.04. The molecule has 0 radical (unpaired) electrons. The van der Waals surface area contributed by atoms with Crippen LogP contribution in [0.5, 0.6) is 0 Å². The van der Waals surface area contributed by atoms with E-state index in [0.717, 1.165) is 31.5 Å². The minimum absolute atomic E-state index is 0.0199. The van der Waals surface area contributed by atoms with Gasteiger partial charge in [0, 0.05) is 31.9 Å². The molecule has 0 saturated carbocycles. The van der Waals surface area contributed by atoms with Crippen LogP contribution in [0.1, 0.15) is 18.5 Å². The lowest BCUT2D eigenvalue weighted by Gasteiger charge is -2.10. The molecule has 1 fully saturated rings. The van der Waals surface area contributed by atoms with Crippen LogP contribution in [0.3, 0.4) is 0 Å². The van der Waals surface area contributed by atoms with Crippen molar-refractivity contribution in [2.75, 3.05) is 13.1 Å². The molecule has 0 bridgehead atoms. The highest BCUT2D eigenvalue weighted by molar-refractivity contribution is 5.81. The van der Waals surface area contributed by atoms with Crippen LogP contribution in [0.2, 0.25) is 0 Å². The van der Waals surface area contributed by atoms with E-state index in [-0.39, 0.29) is 11.9 Å². The fourth-order valence-corrected chi connectivity index (χ4v) is 1.99. The second kappa shape index (κ2) is 5.12. The van der Waals surface area contributed by atoms with Crippen LogP contribution in [0.25, 0.3) is 0 Å². The highest BCUT2D eigenvalue weighted by Gasteiger charge is 2.21. The van der Waals surface area contributed by atoms with Gasteiger partial charge < -0.3 is 10.6 Å². The molecule has 88 valence electrons. The fourth-order valence-electron chi connectivity index (χ4n) is 1.99. The van der Waals surface area contributed by atoms with Crippen molar-refractivity contribution >= 4 is 5.91 Å². The predicted octanol–water partition coefficient (Wildman–Crippen LogP) is -0.169. The number of carbonyl (C=O) groups is 1. The van der Waals surface area contributed by atoms with Gasteiger partial charge in [-0.2, -0.15) is 5.10 Å². The molecule has 0 aliphatic carbocycles. The maximum absolute atomic E-state index is 11.7. The zero-order valence-corrected chi connectivity index (χ0v) is 9.57. The molecule has 1 saturated heterocycles. The van der Waals surface area contributed by atoms with Crippen LogP contribution in [-0.4, -0.2) is 34.8 Å². The molecule has 5 nitrogen and oxygen atoms in total. The topological polar surface area (TPSA) is 59.0 Å². The van der Waals surface area contributed by atoms with Gasteiger partial charge in [0.15, 0.2) is 0 Å². The van der Waals surface area contributed by atoms with Crippen molar-refractivity contribution in [2.45, 2.75) is 25.3 Å². The molecule has 0 aromatic carbocycles. The maximum Gasteiger partial charge on any atom is 0.237 e. The monoisotopic (exact) mass is 222 g/mol. The average Bonchev–Trinajstić information content (AvgIpc) is 2.90. The minimum Gasteiger partial charge on any atom is -0.354 e. The van der Waals surface area contributed by atoms with E-state index >= 15 is 0 Å². The molecule has 2 heterocycles. The molecular weight excluding hydrogens is 204 g/mol. The zero-order valence-electron chi connectivity index (χ0n) is 9.57. The lowest BCUT2D eigenvalue weighted by atomic mass is 10.2. The van der Waals surface area contributed by atoms with Crippen LogP contribution >= 0.6 is 0 Å². The number of aryl methyl sites for hydroxylation is 1. The average molecular weight is 222 g/mol. The van der Waals surface area contributed by atoms with E-state index in [1.165, 1.54) is 0 Å². The summed E-state index contributed by atoms with van der Waals surface area (Å²) >= 11 is 0. The standard InChI is InChI=1S/C11H18N4O/c1-15-9(5-8-14-15)4-7-13-11(16)10-3-2-6-12-10/h5,8,10,12H,2-4,6-7H2,1H3,(H,13,16)/t10-/m0/s1.